The lowest BCUT2D eigenvalue weighted by molar-refractivity contribution is 0.312. The number of fused-ring (bicyclic) bond motifs is 1. The van der Waals surface area contributed by atoms with Crippen LogP contribution in [0.3, 0.4) is 0 Å². The maximum absolute atomic E-state index is 5.82. The van der Waals surface area contributed by atoms with E-state index in [2.05, 4.69) is 24.4 Å². The van der Waals surface area contributed by atoms with Crippen LogP contribution in [0.5, 0.6) is 0 Å². The van der Waals surface area contributed by atoms with E-state index >= 15 is 0 Å². The molecule has 0 radical (unpaired) electrons. The van der Waals surface area contributed by atoms with Gasteiger partial charge in [-0.2, -0.15) is 0 Å². The second-order valence-electron chi connectivity index (χ2n) is 6.21. The van der Waals surface area contributed by atoms with Gasteiger partial charge in [-0.05, 0) is 55.5 Å². The van der Waals surface area contributed by atoms with Crippen molar-refractivity contribution in [2.75, 3.05) is 11.1 Å². The van der Waals surface area contributed by atoms with Gasteiger partial charge in [-0.1, -0.05) is 26.2 Å². The number of nitrogens with one attached hydrogen (secondary N) is 1. The molecule has 112 valence electrons. The maximum Gasteiger partial charge on any atom is 0.126 e. The van der Waals surface area contributed by atoms with Gasteiger partial charge in [0.15, 0.2) is 0 Å². The van der Waals surface area contributed by atoms with Crippen LogP contribution in [0.2, 0.25) is 0 Å². The van der Waals surface area contributed by atoms with Crippen molar-refractivity contribution >= 4 is 22.4 Å². The maximum atomic E-state index is 5.82. The van der Waals surface area contributed by atoms with Gasteiger partial charge in [-0.3, -0.25) is 0 Å². The van der Waals surface area contributed by atoms with Crippen molar-refractivity contribution in [2.24, 2.45) is 5.92 Å². The predicted octanol–water partition coefficient (Wildman–Crippen LogP) is 4.59. The summed E-state index contributed by atoms with van der Waals surface area (Å²) in [6, 6.07) is 10.6. The van der Waals surface area contributed by atoms with Gasteiger partial charge >= 0.3 is 0 Å². The van der Waals surface area contributed by atoms with Crippen molar-refractivity contribution in [3.63, 3.8) is 0 Å². The number of hydrogen-bond donors (Lipinski definition) is 2. The zero-order valence-corrected chi connectivity index (χ0v) is 12.8. The summed E-state index contributed by atoms with van der Waals surface area (Å²) in [6.07, 6.45) is 8.04. The van der Waals surface area contributed by atoms with Gasteiger partial charge in [0.05, 0.1) is 5.52 Å². The molecule has 1 aliphatic rings. The van der Waals surface area contributed by atoms with E-state index in [0.29, 0.717) is 6.04 Å². The van der Waals surface area contributed by atoms with E-state index < -0.39 is 0 Å². The Morgan fingerprint density at radius 3 is 2.76 bits per heavy atom. The first-order valence-electron chi connectivity index (χ1n) is 8.19. The number of nitrogen functional groups attached to an aromatic ring is 1. The minimum Gasteiger partial charge on any atom is -0.399 e. The van der Waals surface area contributed by atoms with E-state index in [4.69, 9.17) is 10.7 Å². The van der Waals surface area contributed by atoms with E-state index in [1.807, 2.05) is 18.2 Å². The van der Waals surface area contributed by atoms with Crippen LogP contribution >= 0.6 is 0 Å². The Labute approximate surface area is 127 Å². The van der Waals surface area contributed by atoms with Gasteiger partial charge in [0, 0.05) is 17.1 Å². The Balaban J connectivity index is 1.77. The van der Waals surface area contributed by atoms with Gasteiger partial charge in [-0.15, -0.1) is 0 Å². The molecule has 1 aliphatic carbocycles. The normalized spacial score (nSPS) is 17.8. The summed E-state index contributed by atoms with van der Waals surface area (Å²) >= 11 is 0. The van der Waals surface area contributed by atoms with Gasteiger partial charge in [-0.25, -0.2) is 4.98 Å². The Morgan fingerprint density at radius 2 is 2.00 bits per heavy atom. The molecule has 1 saturated carbocycles. The number of aromatic nitrogens is 1. The molecule has 1 fully saturated rings. The molecule has 3 N–H and O–H groups in total. The number of nitrogens with zero attached hydrogens (tertiary/aromatic N) is 1. The molecule has 1 aromatic carbocycles. The fraction of sp³-hybridized carbons (Fsp3) is 0.500. The average molecular weight is 283 g/mol. The highest BCUT2D eigenvalue weighted by Gasteiger charge is 2.22. The third kappa shape index (κ3) is 3.29. The van der Waals surface area contributed by atoms with E-state index in [0.717, 1.165) is 34.7 Å². The van der Waals surface area contributed by atoms with Gasteiger partial charge in [0.2, 0.25) is 0 Å². The van der Waals surface area contributed by atoms with Crippen LogP contribution in [0.1, 0.15) is 45.4 Å². The highest BCUT2D eigenvalue weighted by molar-refractivity contribution is 5.83. The quantitative estimate of drug-likeness (QED) is 0.807. The minimum atomic E-state index is 0.545. The van der Waals surface area contributed by atoms with Crippen molar-refractivity contribution in [2.45, 2.75) is 51.5 Å². The monoisotopic (exact) mass is 283 g/mol. The van der Waals surface area contributed by atoms with E-state index in [9.17, 15) is 0 Å². The average Bonchev–Trinajstić information content (AvgIpc) is 2.53. The fourth-order valence-electron chi connectivity index (χ4n) is 3.50. The Hall–Kier alpha value is -1.77. The number of nitrogens with two attached hydrogens (primary N) is 1. The molecule has 3 heteroatoms. The summed E-state index contributed by atoms with van der Waals surface area (Å²) in [7, 11) is 0. The van der Waals surface area contributed by atoms with Gasteiger partial charge in [0.1, 0.15) is 5.82 Å². The molecule has 21 heavy (non-hydrogen) atoms. The second kappa shape index (κ2) is 6.33. The van der Waals surface area contributed by atoms with Gasteiger partial charge in [0.25, 0.3) is 0 Å². The fourth-order valence-corrected chi connectivity index (χ4v) is 3.50. The molecule has 0 saturated heterocycles. The number of hydrogen-bond acceptors (Lipinski definition) is 3. The highest BCUT2D eigenvalue weighted by Crippen LogP contribution is 2.29. The summed E-state index contributed by atoms with van der Waals surface area (Å²) in [6.45, 7) is 2.27. The first kappa shape index (κ1) is 14.2. The van der Waals surface area contributed by atoms with Crippen molar-refractivity contribution in [1.29, 1.82) is 0 Å². The molecule has 3 nitrogen and oxygen atoms in total. The molecule has 0 bridgehead atoms. The van der Waals surface area contributed by atoms with Crippen molar-refractivity contribution in [1.82, 2.24) is 4.98 Å². The summed E-state index contributed by atoms with van der Waals surface area (Å²) in [4.78, 5) is 4.73. The highest BCUT2D eigenvalue weighted by atomic mass is 15.0. The van der Waals surface area contributed by atoms with E-state index in [-0.39, 0.29) is 0 Å². The first-order valence-corrected chi connectivity index (χ1v) is 8.19. The van der Waals surface area contributed by atoms with Gasteiger partial charge < -0.3 is 11.1 Å². The largest absolute Gasteiger partial charge is 0.399 e. The second-order valence-corrected chi connectivity index (χ2v) is 6.21. The Morgan fingerprint density at radius 1 is 1.19 bits per heavy atom. The molecule has 3 rings (SSSR count). The molecular formula is C18H25N3. The predicted molar refractivity (Wildman–Crippen MR) is 90.4 cm³/mol. The number of rotatable bonds is 4. The molecule has 0 spiro atoms. The van der Waals surface area contributed by atoms with Crippen LogP contribution in [-0.2, 0) is 0 Å². The molecule has 1 aromatic heterocycles. The van der Waals surface area contributed by atoms with Crippen LogP contribution in [0.15, 0.2) is 30.3 Å². The van der Waals surface area contributed by atoms with Crippen molar-refractivity contribution in [3.8, 4) is 0 Å². The van der Waals surface area contributed by atoms with Crippen LogP contribution in [-0.4, -0.2) is 11.0 Å². The van der Waals surface area contributed by atoms with Crippen molar-refractivity contribution in [3.05, 3.63) is 30.3 Å². The lowest BCUT2D eigenvalue weighted by atomic mass is 9.83. The Bertz CT molecular complexity index is 602. The lowest BCUT2D eigenvalue weighted by Gasteiger charge is -2.30. The summed E-state index contributed by atoms with van der Waals surface area (Å²) in [5, 5.41) is 4.77. The lowest BCUT2D eigenvalue weighted by Crippen LogP contribution is -2.30. The van der Waals surface area contributed by atoms with E-state index in [1.54, 1.807) is 0 Å². The first-order chi connectivity index (χ1) is 10.3. The molecule has 0 aliphatic heterocycles. The molecule has 1 unspecified atom stereocenters. The summed E-state index contributed by atoms with van der Waals surface area (Å²) in [5.74, 6) is 1.79. The third-order valence-electron chi connectivity index (χ3n) is 4.71. The molecule has 1 heterocycles. The van der Waals surface area contributed by atoms with Crippen LogP contribution < -0.4 is 11.1 Å². The van der Waals surface area contributed by atoms with Crippen LogP contribution in [0.4, 0.5) is 11.5 Å². The van der Waals surface area contributed by atoms with Crippen LogP contribution in [0.25, 0.3) is 10.9 Å². The molecular weight excluding hydrogens is 258 g/mol. The van der Waals surface area contributed by atoms with Crippen LogP contribution in [0, 0.1) is 5.92 Å². The summed E-state index contributed by atoms with van der Waals surface area (Å²) in [5.41, 5.74) is 7.62. The smallest absolute Gasteiger partial charge is 0.126 e. The topological polar surface area (TPSA) is 50.9 Å². The molecule has 0 amide bonds. The summed E-state index contributed by atoms with van der Waals surface area (Å²) < 4.78 is 0. The molecule has 2 aromatic rings. The molecule has 1 atom stereocenters. The zero-order chi connectivity index (χ0) is 14.7. The Kier molecular flexibility index (Phi) is 4.28. The SMILES string of the molecule is CCC(Nc1ccc2cc(N)ccc2n1)C1CCCCC1. The number of pyridine rings is 1. The third-order valence-corrected chi connectivity index (χ3v) is 4.71. The zero-order valence-electron chi connectivity index (χ0n) is 12.8. The van der Waals surface area contributed by atoms with E-state index in [1.165, 1.54) is 32.1 Å². The standard InChI is InChI=1S/C18H25N3/c1-2-16(13-6-4-3-5-7-13)20-18-11-8-14-12-15(19)9-10-17(14)21-18/h8-13,16H,2-7,19H2,1H3,(H,20,21). The minimum absolute atomic E-state index is 0.545. The van der Waals surface area contributed by atoms with Crippen molar-refractivity contribution < 1.29 is 0 Å². The number of benzene rings is 1. The number of anilines is 2.